The summed E-state index contributed by atoms with van der Waals surface area (Å²) >= 11 is 0. The molecule has 2 N–H and O–H groups in total. The van der Waals surface area contributed by atoms with Gasteiger partial charge in [0, 0.05) is 38.4 Å². The maximum absolute atomic E-state index is 4.28. The van der Waals surface area contributed by atoms with E-state index in [0.717, 1.165) is 32.0 Å². The quantitative estimate of drug-likeness (QED) is 0.441. The number of fused-ring (bicyclic) bond motifs is 1. The fourth-order valence-electron chi connectivity index (χ4n) is 2.70. The van der Waals surface area contributed by atoms with Crippen LogP contribution in [0.15, 0.2) is 29.3 Å². The number of hydrogen-bond donors (Lipinski definition) is 2. The van der Waals surface area contributed by atoms with Crippen LogP contribution in [0.4, 0.5) is 5.69 Å². The second kappa shape index (κ2) is 9.22. The maximum Gasteiger partial charge on any atom is 0.191 e. The standard InChI is InChI=1S/C17H28N4.HI/c1-13(2)11-19-17(18-4)20-12-14(3)21-10-9-15-7-5-6-8-16(15)21;/h5-8,13-14H,9-12H2,1-4H3,(H2,18,19,20);1H. The molecule has 0 radical (unpaired) electrons. The van der Waals surface area contributed by atoms with Crippen LogP contribution in [0.3, 0.4) is 0 Å². The lowest BCUT2D eigenvalue weighted by Crippen LogP contribution is -2.46. The first-order valence-corrected chi connectivity index (χ1v) is 7.91. The van der Waals surface area contributed by atoms with Gasteiger partial charge in [0.2, 0.25) is 0 Å². The Labute approximate surface area is 151 Å². The molecule has 0 amide bonds. The minimum Gasteiger partial charge on any atom is -0.366 e. The molecule has 1 aliphatic rings. The molecule has 0 saturated heterocycles. The van der Waals surface area contributed by atoms with Gasteiger partial charge in [0.25, 0.3) is 0 Å². The van der Waals surface area contributed by atoms with Crippen LogP contribution in [-0.4, -0.2) is 38.7 Å². The first kappa shape index (κ1) is 19.1. The first-order valence-electron chi connectivity index (χ1n) is 7.91. The third kappa shape index (κ3) is 5.04. The molecule has 1 heterocycles. The van der Waals surface area contributed by atoms with Crippen LogP contribution in [0.1, 0.15) is 26.3 Å². The highest BCUT2D eigenvalue weighted by Gasteiger charge is 2.22. The van der Waals surface area contributed by atoms with Crippen molar-refractivity contribution in [2.24, 2.45) is 10.9 Å². The van der Waals surface area contributed by atoms with E-state index in [1.165, 1.54) is 11.3 Å². The van der Waals surface area contributed by atoms with Gasteiger partial charge in [0.1, 0.15) is 0 Å². The van der Waals surface area contributed by atoms with Gasteiger partial charge in [-0.1, -0.05) is 32.0 Å². The molecule has 1 aliphatic heterocycles. The van der Waals surface area contributed by atoms with E-state index in [1.807, 2.05) is 7.05 Å². The number of hydrogen-bond acceptors (Lipinski definition) is 2. The average Bonchev–Trinajstić information content (AvgIpc) is 2.91. The molecule has 0 spiro atoms. The summed E-state index contributed by atoms with van der Waals surface area (Å²) in [7, 11) is 1.82. The van der Waals surface area contributed by atoms with Crippen molar-refractivity contribution >= 4 is 35.6 Å². The van der Waals surface area contributed by atoms with Crippen molar-refractivity contribution in [1.29, 1.82) is 0 Å². The summed E-state index contributed by atoms with van der Waals surface area (Å²) in [5.41, 5.74) is 2.85. The number of guanidine groups is 1. The molecular formula is C17H29IN4. The largest absolute Gasteiger partial charge is 0.366 e. The zero-order valence-electron chi connectivity index (χ0n) is 14.1. The van der Waals surface area contributed by atoms with E-state index in [0.29, 0.717) is 12.0 Å². The number of halogens is 1. The number of rotatable bonds is 5. The lowest BCUT2D eigenvalue weighted by atomic mass is 10.2. The average molecular weight is 416 g/mol. The molecule has 1 atom stereocenters. The van der Waals surface area contributed by atoms with Crippen molar-refractivity contribution in [2.45, 2.75) is 33.2 Å². The zero-order valence-corrected chi connectivity index (χ0v) is 16.4. The summed E-state index contributed by atoms with van der Waals surface area (Å²) in [5.74, 6) is 1.51. The molecule has 5 heteroatoms. The first-order chi connectivity index (χ1) is 10.1. The summed E-state index contributed by atoms with van der Waals surface area (Å²) in [5, 5.41) is 6.78. The van der Waals surface area contributed by atoms with Crippen LogP contribution in [-0.2, 0) is 6.42 Å². The molecule has 0 aliphatic carbocycles. The van der Waals surface area contributed by atoms with E-state index in [-0.39, 0.29) is 24.0 Å². The predicted octanol–water partition coefficient (Wildman–Crippen LogP) is 2.88. The van der Waals surface area contributed by atoms with Crippen molar-refractivity contribution in [2.75, 3.05) is 31.6 Å². The summed E-state index contributed by atoms with van der Waals surface area (Å²) in [6, 6.07) is 9.17. The zero-order chi connectivity index (χ0) is 15.2. The fourth-order valence-corrected chi connectivity index (χ4v) is 2.70. The Morgan fingerprint density at radius 3 is 2.55 bits per heavy atom. The molecule has 124 valence electrons. The minimum absolute atomic E-state index is 0. The number of anilines is 1. The predicted molar refractivity (Wildman–Crippen MR) is 107 cm³/mol. The SMILES string of the molecule is CN=C(NCC(C)C)NCC(C)N1CCc2ccccc21.I. The van der Waals surface area contributed by atoms with E-state index in [9.17, 15) is 0 Å². The molecule has 0 bridgehead atoms. The van der Waals surface area contributed by atoms with Crippen molar-refractivity contribution < 1.29 is 0 Å². The second-order valence-corrected chi connectivity index (χ2v) is 6.15. The van der Waals surface area contributed by atoms with E-state index in [2.05, 4.69) is 65.6 Å². The highest BCUT2D eigenvalue weighted by Crippen LogP contribution is 2.28. The lowest BCUT2D eigenvalue weighted by molar-refractivity contribution is 0.596. The molecular weight excluding hydrogens is 387 g/mol. The highest BCUT2D eigenvalue weighted by molar-refractivity contribution is 14.0. The highest BCUT2D eigenvalue weighted by atomic mass is 127. The summed E-state index contributed by atoms with van der Waals surface area (Å²) < 4.78 is 0. The van der Waals surface area contributed by atoms with Crippen molar-refractivity contribution in [1.82, 2.24) is 10.6 Å². The van der Waals surface area contributed by atoms with Crippen molar-refractivity contribution in [3.63, 3.8) is 0 Å². The van der Waals surface area contributed by atoms with E-state index < -0.39 is 0 Å². The summed E-state index contributed by atoms with van der Waals surface area (Å²) in [6.07, 6.45) is 1.15. The molecule has 1 aromatic carbocycles. The van der Waals surface area contributed by atoms with Gasteiger partial charge in [0.15, 0.2) is 5.96 Å². The Bertz CT molecular complexity index is 487. The monoisotopic (exact) mass is 416 g/mol. The Morgan fingerprint density at radius 2 is 1.86 bits per heavy atom. The topological polar surface area (TPSA) is 39.7 Å². The van der Waals surface area contributed by atoms with Crippen LogP contribution in [0.5, 0.6) is 0 Å². The summed E-state index contributed by atoms with van der Waals surface area (Å²) in [6.45, 7) is 9.62. The van der Waals surface area contributed by atoms with Gasteiger partial charge in [-0.3, -0.25) is 4.99 Å². The van der Waals surface area contributed by atoms with Gasteiger partial charge >= 0.3 is 0 Å². The molecule has 0 fully saturated rings. The van der Waals surface area contributed by atoms with Gasteiger partial charge in [-0.25, -0.2) is 0 Å². The van der Waals surface area contributed by atoms with Crippen molar-refractivity contribution in [3.8, 4) is 0 Å². The molecule has 22 heavy (non-hydrogen) atoms. The van der Waals surface area contributed by atoms with Crippen molar-refractivity contribution in [3.05, 3.63) is 29.8 Å². The Morgan fingerprint density at radius 1 is 1.18 bits per heavy atom. The Balaban J connectivity index is 0.00000242. The molecule has 1 aromatic rings. The third-order valence-corrected chi connectivity index (χ3v) is 3.92. The van der Waals surface area contributed by atoms with E-state index in [1.54, 1.807) is 0 Å². The Hall–Kier alpha value is -0.980. The Kier molecular flexibility index (Phi) is 8.00. The normalized spacial score (nSPS) is 15.3. The van der Waals surface area contributed by atoms with Gasteiger partial charge in [-0.2, -0.15) is 0 Å². The lowest BCUT2D eigenvalue weighted by Gasteiger charge is -2.28. The second-order valence-electron chi connectivity index (χ2n) is 6.15. The number of nitrogens with one attached hydrogen (secondary N) is 2. The van der Waals surface area contributed by atoms with Crippen LogP contribution >= 0.6 is 24.0 Å². The van der Waals surface area contributed by atoms with Crippen LogP contribution in [0, 0.1) is 5.92 Å². The van der Waals surface area contributed by atoms with Crippen LogP contribution < -0.4 is 15.5 Å². The van der Waals surface area contributed by atoms with Gasteiger partial charge in [-0.05, 0) is 30.9 Å². The van der Waals surface area contributed by atoms with E-state index in [4.69, 9.17) is 0 Å². The number of para-hydroxylation sites is 1. The third-order valence-electron chi connectivity index (χ3n) is 3.92. The van der Waals surface area contributed by atoms with Gasteiger partial charge in [-0.15, -0.1) is 24.0 Å². The smallest absolute Gasteiger partial charge is 0.191 e. The maximum atomic E-state index is 4.28. The van der Waals surface area contributed by atoms with Gasteiger partial charge < -0.3 is 15.5 Å². The molecule has 0 saturated carbocycles. The van der Waals surface area contributed by atoms with Gasteiger partial charge in [0.05, 0.1) is 0 Å². The molecule has 4 nitrogen and oxygen atoms in total. The van der Waals surface area contributed by atoms with Crippen LogP contribution in [0.2, 0.25) is 0 Å². The number of aliphatic imine (C=N–C) groups is 1. The molecule has 0 aromatic heterocycles. The fraction of sp³-hybridized carbons (Fsp3) is 0.588. The number of nitrogens with zero attached hydrogens (tertiary/aromatic N) is 2. The van der Waals surface area contributed by atoms with Crippen LogP contribution in [0.25, 0.3) is 0 Å². The molecule has 1 unspecified atom stereocenters. The minimum atomic E-state index is 0. The van der Waals surface area contributed by atoms with E-state index >= 15 is 0 Å². The molecule has 2 rings (SSSR count). The number of benzene rings is 1. The summed E-state index contributed by atoms with van der Waals surface area (Å²) in [4.78, 5) is 6.76.